The Kier molecular flexibility index (Phi) is 4.05. The van der Waals surface area contributed by atoms with Crippen LogP contribution in [-0.4, -0.2) is 49.2 Å². The first kappa shape index (κ1) is 15.0. The Hall–Kier alpha value is -0.950. The van der Waals surface area contributed by atoms with Crippen molar-refractivity contribution in [1.82, 2.24) is 4.31 Å². The van der Waals surface area contributed by atoms with E-state index < -0.39 is 16.1 Å². The van der Waals surface area contributed by atoms with Gasteiger partial charge in [0.25, 0.3) is 0 Å². The standard InChI is InChI=1S/C15H21NO4S/c1-11-5-7-13(8-6-11)21(18,19)16-9-12(10-17)20-15-4-2-3-14(15)16/h5-8,12,14-15,17H,2-4,9-10H2,1H3/t12-,14+,15-/m0/s1. The van der Waals surface area contributed by atoms with E-state index in [9.17, 15) is 13.5 Å². The predicted octanol–water partition coefficient (Wildman–Crippen LogP) is 1.30. The Labute approximate surface area is 125 Å². The van der Waals surface area contributed by atoms with Gasteiger partial charge in [-0.2, -0.15) is 4.31 Å². The molecule has 1 aliphatic heterocycles. The second-order valence-corrected chi connectivity index (χ2v) is 7.76. The topological polar surface area (TPSA) is 66.8 Å². The number of hydrogen-bond acceptors (Lipinski definition) is 4. The highest BCUT2D eigenvalue weighted by Gasteiger charge is 2.45. The monoisotopic (exact) mass is 311 g/mol. The Balaban J connectivity index is 1.94. The first-order valence-electron chi connectivity index (χ1n) is 7.37. The van der Waals surface area contributed by atoms with Gasteiger partial charge in [0.2, 0.25) is 10.0 Å². The largest absolute Gasteiger partial charge is 0.394 e. The summed E-state index contributed by atoms with van der Waals surface area (Å²) in [5.74, 6) is 0. The van der Waals surface area contributed by atoms with Crippen LogP contribution in [0.1, 0.15) is 24.8 Å². The van der Waals surface area contributed by atoms with Gasteiger partial charge < -0.3 is 9.84 Å². The van der Waals surface area contributed by atoms with Crippen LogP contribution < -0.4 is 0 Å². The van der Waals surface area contributed by atoms with Crippen molar-refractivity contribution in [3.63, 3.8) is 0 Å². The number of aliphatic hydroxyl groups excluding tert-OH is 1. The molecule has 2 fully saturated rings. The van der Waals surface area contributed by atoms with E-state index in [0.29, 0.717) is 4.90 Å². The molecule has 3 atom stereocenters. The van der Waals surface area contributed by atoms with Gasteiger partial charge in [0, 0.05) is 6.54 Å². The van der Waals surface area contributed by atoms with E-state index in [-0.39, 0.29) is 25.3 Å². The minimum atomic E-state index is -3.53. The number of morpholine rings is 1. The van der Waals surface area contributed by atoms with Gasteiger partial charge in [0.15, 0.2) is 0 Å². The summed E-state index contributed by atoms with van der Waals surface area (Å²) in [5.41, 5.74) is 1.03. The summed E-state index contributed by atoms with van der Waals surface area (Å²) < 4.78 is 33.1. The molecule has 21 heavy (non-hydrogen) atoms. The summed E-state index contributed by atoms with van der Waals surface area (Å²) in [6.45, 7) is 2.01. The second kappa shape index (κ2) is 5.68. The van der Waals surface area contributed by atoms with Gasteiger partial charge in [-0.05, 0) is 38.3 Å². The smallest absolute Gasteiger partial charge is 0.243 e. The van der Waals surface area contributed by atoms with Gasteiger partial charge in [-0.1, -0.05) is 17.7 Å². The SMILES string of the molecule is Cc1ccc(S(=O)(=O)N2C[C@@H](CO)O[C@H]3CCC[C@H]32)cc1. The van der Waals surface area contributed by atoms with Crippen molar-refractivity contribution >= 4 is 10.0 Å². The van der Waals surface area contributed by atoms with Crippen LogP contribution >= 0.6 is 0 Å². The minimum Gasteiger partial charge on any atom is -0.394 e. The number of rotatable bonds is 3. The predicted molar refractivity (Wildman–Crippen MR) is 78.5 cm³/mol. The molecule has 3 rings (SSSR count). The van der Waals surface area contributed by atoms with Gasteiger partial charge in [-0.15, -0.1) is 0 Å². The molecule has 0 spiro atoms. The zero-order chi connectivity index (χ0) is 15.0. The molecule has 1 saturated carbocycles. The minimum absolute atomic E-state index is 0.0869. The van der Waals surface area contributed by atoms with E-state index in [1.54, 1.807) is 16.4 Å². The third kappa shape index (κ3) is 2.73. The Bertz CT molecular complexity index is 599. The number of aliphatic hydroxyl groups is 1. The van der Waals surface area contributed by atoms with Crippen molar-refractivity contribution in [2.75, 3.05) is 13.2 Å². The van der Waals surface area contributed by atoms with Crippen molar-refractivity contribution in [3.8, 4) is 0 Å². The summed E-state index contributed by atoms with van der Waals surface area (Å²) >= 11 is 0. The van der Waals surface area contributed by atoms with Crippen LogP contribution in [0.15, 0.2) is 29.2 Å². The van der Waals surface area contributed by atoms with Crippen LogP contribution in [-0.2, 0) is 14.8 Å². The molecule has 116 valence electrons. The van der Waals surface area contributed by atoms with Gasteiger partial charge in [-0.3, -0.25) is 0 Å². The quantitative estimate of drug-likeness (QED) is 0.913. The molecule has 2 aliphatic rings. The third-order valence-electron chi connectivity index (χ3n) is 4.37. The Morgan fingerprint density at radius 1 is 1.29 bits per heavy atom. The Morgan fingerprint density at radius 3 is 2.67 bits per heavy atom. The molecule has 1 saturated heterocycles. The number of ether oxygens (including phenoxy) is 1. The molecule has 1 heterocycles. The average molecular weight is 311 g/mol. The summed E-state index contributed by atoms with van der Waals surface area (Å²) in [7, 11) is -3.53. The maximum atomic E-state index is 12.9. The number of benzene rings is 1. The van der Waals surface area contributed by atoms with E-state index >= 15 is 0 Å². The Morgan fingerprint density at radius 2 is 2.00 bits per heavy atom. The highest BCUT2D eigenvalue weighted by Crippen LogP contribution is 2.35. The van der Waals surface area contributed by atoms with Crippen molar-refractivity contribution < 1.29 is 18.3 Å². The molecule has 1 aromatic carbocycles. The fourth-order valence-electron chi connectivity index (χ4n) is 3.24. The zero-order valence-corrected chi connectivity index (χ0v) is 12.9. The maximum Gasteiger partial charge on any atom is 0.243 e. The fraction of sp³-hybridized carbons (Fsp3) is 0.600. The third-order valence-corrected chi connectivity index (χ3v) is 6.27. The lowest BCUT2D eigenvalue weighted by atomic mass is 10.1. The summed E-state index contributed by atoms with van der Waals surface area (Å²) in [5, 5.41) is 9.35. The maximum absolute atomic E-state index is 12.9. The van der Waals surface area contributed by atoms with E-state index in [2.05, 4.69) is 0 Å². The van der Waals surface area contributed by atoms with Crippen molar-refractivity contribution in [1.29, 1.82) is 0 Å². The molecule has 0 bridgehead atoms. The molecule has 1 N–H and O–H groups in total. The van der Waals surface area contributed by atoms with E-state index in [4.69, 9.17) is 4.74 Å². The van der Waals surface area contributed by atoms with Gasteiger partial charge >= 0.3 is 0 Å². The van der Waals surface area contributed by atoms with Gasteiger partial charge in [0.05, 0.1) is 29.8 Å². The molecule has 1 aromatic rings. The first-order valence-corrected chi connectivity index (χ1v) is 8.81. The zero-order valence-electron chi connectivity index (χ0n) is 12.1. The van der Waals surface area contributed by atoms with Gasteiger partial charge in [-0.25, -0.2) is 8.42 Å². The molecule has 0 amide bonds. The van der Waals surface area contributed by atoms with Crippen molar-refractivity contribution in [2.45, 2.75) is 49.3 Å². The van der Waals surface area contributed by atoms with E-state index in [1.165, 1.54) is 0 Å². The molecule has 5 nitrogen and oxygen atoms in total. The molecular weight excluding hydrogens is 290 g/mol. The number of fused-ring (bicyclic) bond motifs is 1. The van der Waals surface area contributed by atoms with E-state index in [1.807, 2.05) is 19.1 Å². The van der Waals surface area contributed by atoms with Crippen molar-refractivity contribution in [3.05, 3.63) is 29.8 Å². The summed E-state index contributed by atoms with van der Waals surface area (Å²) in [6, 6.07) is 6.82. The number of sulfonamides is 1. The lowest BCUT2D eigenvalue weighted by molar-refractivity contribution is -0.0990. The highest BCUT2D eigenvalue weighted by molar-refractivity contribution is 7.89. The molecule has 0 radical (unpaired) electrons. The number of hydrogen-bond donors (Lipinski definition) is 1. The number of aryl methyl sites for hydroxylation is 1. The van der Waals surface area contributed by atoms with Crippen LogP contribution in [0.5, 0.6) is 0 Å². The second-order valence-electron chi connectivity index (χ2n) is 5.87. The molecule has 0 unspecified atom stereocenters. The normalized spacial score (nSPS) is 30.3. The highest BCUT2D eigenvalue weighted by atomic mass is 32.2. The van der Waals surface area contributed by atoms with Crippen LogP contribution in [0.25, 0.3) is 0 Å². The molecule has 0 aromatic heterocycles. The van der Waals surface area contributed by atoms with Crippen LogP contribution in [0.4, 0.5) is 0 Å². The lowest BCUT2D eigenvalue weighted by Crippen LogP contribution is -2.55. The lowest BCUT2D eigenvalue weighted by Gasteiger charge is -2.40. The first-order chi connectivity index (χ1) is 10.0. The summed E-state index contributed by atoms with van der Waals surface area (Å²) in [4.78, 5) is 0.317. The summed E-state index contributed by atoms with van der Waals surface area (Å²) in [6.07, 6.45) is 2.14. The van der Waals surface area contributed by atoms with Crippen molar-refractivity contribution in [2.24, 2.45) is 0 Å². The molecular formula is C15H21NO4S. The molecule has 1 aliphatic carbocycles. The molecule has 6 heteroatoms. The average Bonchev–Trinajstić information content (AvgIpc) is 2.94. The van der Waals surface area contributed by atoms with E-state index in [0.717, 1.165) is 24.8 Å². The van der Waals surface area contributed by atoms with Crippen LogP contribution in [0.3, 0.4) is 0 Å². The fourth-order valence-corrected chi connectivity index (χ4v) is 4.95. The van der Waals surface area contributed by atoms with Crippen LogP contribution in [0, 0.1) is 6.92 Å². The van der Waals surface area contributed by atoms with Gasteiger partial charge in [0.1, 0.15) is 0 Å². The van der Waals surface area contributed by atoms with Crippen LogP contribution in [0.2, 0.25) is 0 Å². The number of nitrogens with zero attached hydrogens (tertiary/aromatic N) is 1.